The maximum atomic E-state index is 13.7. The Morgan fingerprint density at radius 3 is 2.16 bits per heavy atom. The first-order valence-electron chi connectivity index (χ1n) is 27.8. The Hall–Kier alpha value is -3.75. The molecule has 76 heavy (non-hydrogen) atoms. The molecule has 2 aromatic carbocycles. The van der Waals surface area contributed by atoms with Crippen LogP contribution in [0.3, 0.4) is 0 Å². The second-order valence-corrected chi connectivity index (χ2v) is 20.9. The third kappa shape index (κ3) is 19.9. The number of carbonyl (C=O) groups excluding carboxylic acids is 2. The van der Waals surface area contributed by atoms with Gasteiger partial charge in [-0.25, -0.2) is 9.59 Å². The number of nitrogens with one attached hydrogen (secondary N) is 5. The number of carboxylic acid groups (broad SMARTS) is 1. The summed E-state index contributed by atoms with van der Waals surface area (Å²) in [5.74, 6) is -2.78. The third-order valence-electron chi connectivity index (χ3n) is 14.9. The lowest BCUT2D eigenvalue weighted by Gasteiger charge is -2.45. The minimum absolute atomic E-state index is 0.0583. The van der Waals surface area contributed by atoms with Gasteiger partial charge in [-0.1, -0.05) is 81.5 Å². The topological polar surface area (TPSA) is 291 Å². The first kappa shape index (κ1) is 61.5. The standard InChI is InChI=1S/C55H88N6O15/c1-36(15-20-45(63)60-27-26-59-32-39-16-18-40(19-17-39)33-61-29-10-23-57-25-24-56-21-9-22-58-28-30-61)44(75-54-49(67)48(66)46(64)37(2)72-54)35-71-55-51(76-53(70)41-13-7-4-8-14-41)50(47(65)43(34-62)74-55)73-42(52(68)69)31-38-11-5-3-6-12-38/h4,7-8,13-14,16-19,36-38,42-44,46-51,54-59,62,64-67H,3,5-6,9-12,15,20-35H2,1-2H3,(H,60,63)(H,68,69)/t36?,37?,42-,43?,44?,46?,47?,48?,49?,50?,51?,54?,55?/m0/s1. The van der Waals surface area contributed by atoms with Crippen LogP contribution in [0.2, 0.25) is 0 Å². The van der Waals surface area contributed by atoms with Crippen molar-refractivity contribution >= 4 is 17.8 Å². The summed E-state index contributed by atoms with van der Waals surface area (Å²) in [6.07, 6.45) is -9.94. The van der Waals surface area contributed by atoms with Crippen LogP contribution >= 0.6 is 0 Å². The van der Waals surface area contributed by atoms with Crippen molar-refractivity contribution in [2.45, 2.75) is 165 Å². The maximum Gasteiger partial charge on any atom is 0.338 e. The summed E-state index contributed by atoms with van der Waals surface area (Å²) in [5.41, 5.74) is 2.54. The predicted octanol–water partition coefficient (Wildman–Crippen LogP) is 1.02. The molecule has 0 spiro atoms. The van der Waals surface area contributed by atoms with Crippen LogP contribution in [-0.2, 0) is 51.1 Å². The number of amides is 1. The molecular formula is C55H88N6O15. The monoisotopic (exact) mass is 1070 g/mol. The number of benzene rings is 2. The molecule has 4 fully saturated rings. The van der Waals surface area contributed by atoms with E-state index in [0.717, 1.165) is 109 Å². The summed E-state index contributed by atoms with van der Waals surface area (Å²) < 4.78 is 36.6. The molecule has 428 valence electrons. The molecule has 1 amide bonds. The van der Waals surface area contributed by atoms with Crippen molar-refractivity contribution in [2.75, 3.05) is 78.7 Å². The molecule has 21 nitrogen and oxygen atoms in total. The van der Waals surface area contributed by atoms with E-state index in [0.29, 0.717) is 19.6 Å². The fourth-order valence-corrected chi connectivity index (χ4v) is 10.2. The molecule has 0 bridgehead atoms. The molecule has 3 saturated heterocycles. The van der Waals surface area contributed by atoms with Crippen molar-refractivity contribution in [1.82, 2.24) is 31.5 Å². The molecule has 1 aliphatic carbocycles. The number of rotatable bonds is 24. The van der Waals surface area contributed by atoms with Gasteiger partial charge in [0.1, 0.15) is 36.6 Å². The lowest BCUT2D eigenvalue weighted by Crippen LogP contribution is -2.63. The minimum Gasteiger partial charge on any atom is -0.479 e. The van der Waals surface area contributed by atoms with Crippen LogP contribution in [0.4, 0.5) is 0 Å². The second kappa shape index (κ2) is 33.0. The average molecular weight is 1070 g/mol. The fraction of sp³-hybridized carbons (Fsp3) is 0.727. The van der Waals surface area contributed by atoms with E-state index in [1.807, 2.05) is 0 Å². The lowest BCUT2D eigenvalue weighted by atomic mass is 9.85. The molecule has 2 aromatic rings. The molecule has 11 N–H and O–H groups in total. The van der Waals surface area contributed by atoms with Crippen molar-refractivity contribution in [1.29, 1.82) is 0 Å². The van der Waals surface area contributed by atoms with Crippen LogP contribution < -0.4 is 26.6 Å². The number of aliphatic hydroxyl groups is 5. The Balaban J connectivity index is 1.05. The Morgan fingerprint density at radius 2 is 1.45 bits per heavy atom. The van der Waals surface area contributed by atoms with Crippen molar-refractivity contribution in [2.24, 2.45) is 11.8 Å². The molecule has 21 heteroatoms. The highest BCUT2D eigenvalue weighted by Gasteiger charge is 2.51. The summed E-state index contributed by atoms with van der Waals surface area (Å²) >= 11 is 0. The second-order valence-electron chi connectivity index (χ2n) is 20.9. The summed E-state index contributed by atoms with van der Waals surface area (Å²) in [4.78, 5) is 42.2. The lowest BCUT2D eigenvalue weighted by molar-refractivity contribution is -0.332. The number of aliphatic carboxylic acids is 1. The highest BCUT2D eigenvalue weighted by atomic mass is 16.7. The molecule has 12 unspecified atom stereocenters. The molecule has 0 radical (unpaired) electrons. The molecular weight excluding hydrogens is 985 g/mol. The van der Waals surface area contributed by atoms with Gasteiger partial charge in [0.2, 0.25) is 5.91 Å². The van der Waals surface area contributed by atoms with Crippen molar-refractivity contribution in [3.05, 3.63) is 71.3 Å². The molecule has 0 aromatic heterocycles. The third-order valence-corrected chi connectivity index (χ3v) is 14.9. The first-order chi connectivity index (χ1) is 36.8. The first-order valence-corrected chi connectivity index (χ1v) is 27.8. The largest absolute Gasteiger partial charge is 0.479 e. The zero-order chi connectivity index (χ0) is 54.2. The van der Waals surface area contributed by atoms with Gasteiger partial charge in [-0.2, -0.15) is 0 Å². The van der Waals surface area contributed by atoms with E-state index in [2.05, 4.69) is 55.7 Å². The number of nitrogens with zero attached hydrogens (tertiary/aromatic N) is 1. The highest BCUT2D eigenvalue weighted by molar-refractivity contribution is 5.89. The van der Waals surface area contributed by atoms with Crippen LogP contribution in [0.5, 0.6) is 0 Å². The highest BCUT2D eigenvalue weighted by Crippen LogP contribution is 2.34. The van der Waals surface area contributed by atoms with E-state index < -0.39 is 98.1 Å². The van der Waals surface area contributed by atoms with Gasteiger partial charge in [0, 0.05) is 58.8 Å². The van der Waals surface area contributed by atoms with Gasteiger partial charge >= 0.3 is 11.9 Å². The summed E-state index contributed by atoms with van der Waals surface area (Å²) in [6, 6.07) is 16.6. The number of hydrogen-bond acceptors (Lipinski definition) is 19. The van der Waals surface area contributed by atoms with E-state index in [1.54, 1.807) is 25.1 Å². The van der Waals surface area contributed by atoms with Gasteiger partial charge < -0.3 is 85.6 Å². The Bertz CT molecular complexity index is 1960. The Kier molecular flexibility index (Phi) is 26.7. The minimum atomic E-state index is -1.68. The van der Waals surface area contributed by atoms with Crippen molar-refractivity contribution in [3.8, 4) is 0 Å². The van der Waals surface area contributed by atoms with Crippen LogP contribution in [-0.4, -0.2) is 206 Å². The van der Waals surface area contributed by atoms with Crippen LogP contribution in [0.15, 0.2) is 54.6 Å². The van der Waals surface area contributed by atoms with Crippen molar-refractivity contribution in [3.63, 3.8) is 0 Å². The molecule has 3 aliphatic heterocycles. The summed E-state index contributed by atoms with van der Waals surface area (Å²) in [7, 11) is 0. The molecule has 1 saturated carbocycles. The number of esters is 1. The zero-order valence-corrected chi connectivity index (χ0v) is 44.6. The molecule has 13 atom stereocenters. The normalized spacial score (nSPS) is 29.1. The molecule has 6 rings (SSSR count). The number of ether oxygens (including phenoxy) is 6. The van der Waals surface area contributed by atoms with Crippen LogP contribution in [0, 0.1) is 11.8 Å². The van der Waals surface area contributed by atoms with Crippen LogP contribution in [0.1, 0.15) is 99.5 Å². The maximum absolute atomic E-state index is 13.7. The number of aliphatic hydroxyl groups excluding tert-OH is 5. The Labute approximate surface area is 448 Å². The van der Waals surface area contributed by atoms with Gasteiger partial charge in [-0.3, -0.25) is 9.69 Å². The predicted molar refractivity (Wildman–Crippen MR) is 281 cm³/mol. The Morgan fingerprint density at radius 1 is 0.750 bits per heavy atom. The SMILES string of the molecule is CC(CCC(=O)NCCNCc1ccc(CN2CCCNCCNCCCNCC2)cc1)C(COC1OC(CO)C(O)C(O[C@@H](CC2CCCCC2)C(=O)O)C1OC(=O)c1ccccc1)OC1OC(C)C(O)C(O)C1O. The number of carbonyl (C=O) groups is 3. The van der Waals surface area contributed by atoms with Gasteiger partial charge in [0.25, 0.3) is 0 Å². The van der Waals surface area contributed by atoms with Gasteiger partial charge in [-0.15, -0.1) is 0 Å². The smallest absolute Gasteiger partial charge is 0.338 e. The van der Waals surface area contributed by atoms with E-state index in [9.17, 15) is 45.0 Å². The summed E-state index contributed by atoms with van der Waals surface area (Å²) in [6.45, 7) is 12.6. The fourth-order valence-electron chi connectivity index (χ4n) is 10.2. The van der Waals surface area contributed by atoms with Gasteiger partial charge in [-0.05, 0) is 93.9 Å². The van der Waals surface area contributed by atoms with E-state index >= 15 is 0 Å². The summed E-state index contributed by atoms with van der Waals surface area (Å²) in [5, 5.41) is 81.4. The molecule has 4 aliphatic rings. The van der Waals surface area contributed by atoms with E-state index in [1.165, 1.54) is 24.6 Å². The quantitative estimate of drug-likeness (QED) is 0.0517. The number of hydrogen-bond donors (Lipinski definition) is 11. The van der Waals surface area contributed by atoms with Gasteiger partial charge in [0.15, 0.2) is 24.8 Å². The molecule has 3 heterocycles. The van der Waals surface area contributed by atoms with Gasteiger partial charge in [0.05, 0.1) is 31.0 Å². The average Bonchev–Trinajstić information content (AvgIpc) is 3.43. The van der Waals surface area contributed by atoms with E-state index in [-0.39, 0.29) is 43.3 Å². The van der Waals surface area contributed by atoms with E-state index in [4.69, 9.17) is 28.4 Å². The number of carboxylic acids is 1. The van der Waals surface area contributed by atoms with Crippen molar-refractivity contribution < 1.29 is 73.4 Å². The zero-order valence-electron chi connectivity index (χ0n) is 44.6. The van der Waals surface area contributed by atoms with Crippen LogP contribution in [0.25, 0.3) is 0 Å².